The lowest BCUT2D eigenvalue weighted by Gasteiger charge is -2.48. The number of sulfone groups is 1. The van der Waals surface area contributed by atoms with Crippen molar-refractivity contribution in [3.05, 3.63) is 41.6 Å². The van der Waals surface area contributed by atoms with Crippen LogP contribution in [0.2, 0.25) is 0 Å². The second-order valence-corrected chi connectivity index (χ2v) is 10.3. The molecule has 204 valence electrons. The number of carbonyl (C=O) groups is 4. The van der Waals surface area contributed by atoms with Crippen molar-refractivity contribution in [1.29, 1.82) is 0 Å². The van der Waals surface area contributed by atoms with Gasteiger partial charge in [0.1, 0.15) is 24.1 Å². The fraction of sp³-hybridized carbons (Fsp3) is 0.500. The number of para-hydroxylation sites is 1. The number of fused-ring (bicyclic) bond motifs is 1. The fourth-order valence-electron chi connectivity index (χ4n) is 3.87. The third-order valence-electron chi connectivity index (χ3n) is 5.79. The van der Waals surface area contributed by atoms with E-state index < -0.39 is 69.7 Å². The predicted molar refractivity (Wildman–Crippen MR) is 133 cm³/mol. The molecule has 0 saturated carbocycles. The molecule has 1 fully saturated rings. The minimum absolute atomic E-state index is 0.223. The summed E-state index contributed by atoms with van der Waals surface area (Å²) in [5, 5.41) is 10.2. The molecule has 13 heteroatoms. The number of aliphatic carboxylic acids is 1. The fourth-order valence-corrected chi connectivity index (χ4v) is 5.88. The number of ether oxygens (including phenoxy) is 2. The molecule has 12 nitrogen and oxygen atoms in total. The van der Waals surface area contributed by atoms with Gasteiger partial charge in [-0.15, -0.1) is 0 Å². The van der Waals surface area contributed by atoms with E-state index in [0.29, 0.717) is 10.6 Å². The Morgan fingerprint density at radius 3 is 2.19 bits per heavy atom. The van der Waals surface area contributed by atoms with Gasteiger partial charge in [0.2, 0.25) is 0 Å². The van der Waals surface area contributed by atoms with E-state index in [2.05, 4.69) is 31.0 Å². The molecule has 1 saturated heterocycles. The molecule has 2 atom stereocenters. The van der Waals surface area contributed by atoms with Gasteiger partial charge in [-0.1, -0.05) is 39.0 Å². The van der Waals surface area contributed by atoms with E-state index in [1.807, 2.05) is 0 Å². The quantitative estimate of drug-likeness (QED) is 0.315. The molecule has 2 N–H and O–H groups in total. The SMILES string of the molecule is CC(=O)OCC1=C(C(=O)O)N2C(=O)[C@@H](NC(=O)COc3ccccc3)[C@@H]2S(=O)(=O)C1.CCN(CC)CC. The van der Waals surface area contributed by atoms with Crippen LogP contribution >= 0.6 is 0 Å². The molecule has 2 amide bonds. The highest BCUT2D eigenvalue weighted by Gasteiger charge is 2.60. The third kappa shape index (κ3) is 7.52. The van der Waals surface area contributed by atoms with Crippen molar-refractivity contribution in [3.63, 3.8) is 0 Å². The summed E-state index contributed by atoms with van der Waals surface area (Å²) in [6, 6.07) is 6.94. The summed E-state index contributed by atoms with van der Waals surface area (Å²) in [6.45, 7) is 10.2. The van der Waals surface area contributed by atoms with Crippen LogP contribution in [-0.4, -0.2) is 97.1 Å². The third-order valence-corrected chi connectivity index (χ3v) is 7.76. The van der Waals surface area contributed by atoms with Gasteiger partial charge in [0, 0.05) is 12.5 Å². The van der Waals surface area contributed by atoms with Crippen LogP contribution in [0, 0.1) is 0 Å². The molecule has 0 bridgehead atoms. The number of hydrogen-bond acceptors (Lipinski definition) is 9. The summed E-state index contributed by atoms with van der Waals surface area (Å²) in [7, 11) is -4.05. The molecule has 0 spiro atoms. The number of carboxylic acids is 1. The Morgan fingerprint density at radius 1 is 1.11 bits per heavy atom. The number of benzene rings is 1. The predicted octanol–water partition coefficient (Wildman–Crippen LogP) is 0.397. The summed E-state index contributed by atoms with van der Waals surface area (Å²) >= 11 is 0. The number of nitrogens with zero attached hydrogens (tertiary/aromatic N) is 2. The van der Waals surface area contributed by atoms with Crippen LogP contribution in [0.3, 0.4) is 0 Å². The maximum absolute atomic E-state index is 12.6. The first-order valence-corrected chi connectivity index (χ1v) is 13.5. The Morgan fingerprint density at radius 2 is 1.70 bits per heavy atom. The number of nitrogens with one attached hydrogen (secondary N) is 1. The van der Waals surface area contributed by atoms with E-state index in [0.717, 1.165) is 6.92 Å². The summed E-state index contributed by atoms with van der Waals surface area (Å²) in [6.07, 6.45) is 0. The number of β-lactam (4-membered cyclic amide) rings is 1. The van der Waals surface area contributed by atoms with Gasteiger partial charge in [0.25, 0.3) is 11.8 Å². The van der Waals surface area contributed by atoms with Crippen LogP contribution in [0.1, 0.15) is 27.7 Å². The number of carboxylic acid groups (broad SMARTS) is 1. The van der Waals surface area contributed by atoms with Crippen molar-refractivity contribution in [2.24, 2.45) is 0 Å². The maximum Gasteiger partial charge on any atom is 0.352 e. The lowest BCUT2D eigenvalue weighted by atomic mass is 10.0. The van der Waals surface area contributed by atoms with E-state index in [4.69, 9.17) is 9.47 Å². The van der Waals surface area contributed by atoms with Crippen molar-refractivity contribution >= 4 is 33.6 Å². The van der Waals surface area contributed by atoms with Gasteiger partial charge in [-0.2, -0.15) is 0 Å². The Kier molecular flexibility index (Phi) is 10.6. The van der Waals surface area contributed by atoms with Crippen molar-refractivity contribution in [2.45, 2.75) is 39.1 Å². The molecule has 0 aliphatic carbocycles. The van der Waals surface area contributed by atoms with E-state index in [1.54, 1.807) is 30.3 Å². The highest BCUT2D eigenvalue weighted by Crippen LogP contribution is 2.36. The lowest BCUT2D eigenvalue weighted by molar-refractivity contribution is -0.151. The van der Waals surface area contributed by atoms with Gasteiger partial charge in [-0.25, -0.2) is 13.2 Å². The Balaban J connectivity index is 0.000000604. The van der Waals surface area contributed by atoms with Crippen LogP contribution in [0.4, 0.5) is 0 Å². The summed E-state index contributed by atoms with van der Waals surface area (Å²) in [4.78, 5) is 50.2. The van der Waals surface area contributed by atoms with Crippen LogP contribution in [0.25, 0.3) is 0 Å². The van der Waals surface area contributed by atoms with Crippen molar-refractivity contribution in [2.75, 3.05) is 38.6 Å². The van der Waals surface area contributed by atoms with Crippen molar-refractivity contribution in [1.82, 2.24) is 15.1 Å². The van der Waals surface area contributed by atoms with Gasteiger partial charge in [0.15, 0.2) is 21.8 Å². The molecular formula is C24H33N3O9S. The summed E-state index contributed by atoms with van der Waals surface area (Å²) in [5.74, 6) is -4.21. The first-order valence-electron chi connectivity index (χ1n) is 11.8. The van der Waals surface area contributed by atoms with Crippen LogP contribution in [0.15, 0.2) is 41.6 Å². The van der Waals surface area contributed by atoms with Gasteiger partial charge < -0.3 is 24.8 Å². The summed E-state index contributed by atoms with van der Waals surface area (Å²) < 4.78 is 35.2. The number of rotatable bonds is 10. The second-order valence-electron chi connectivity index (χ2n) is 8.21. The van der Waals surface area contributed by atoms with Crippen LogP contribution in [0.5, 0.6) is 5.75 Å². The van der Waals surface area contributed by atoms with E-state index in [1.165, 1.54) is 19.6 Å². The summed E-state index contributed by atoms with van der Waals surface area (Å²) in [5.41, 5.74) is -0.786. The van der Waals surface area contributed by atoms with Crippen LogP contribution < -0.4 is 10.1 Å². The normalized spacial score (nSPS) is 19.7. The molecule has 3 rings (SSSR count). The van der Waals surface area contributed by atoms with E-state index >= 15 is 0 Å². The Bertz CT molecular complexity index is 1130. The standard InChI is InChI=1S/C18H18N2O9S.C6H15N/c1-10(21)28-7-11-9-30(26,27)17-14(16(23)20(17)15(11)18(24)25)19-13(22)8-29-12-5-3-2-4-6-12;1-4-7(5-2)6-3/h2-6,14,17H,7-9H2,1H3,(H,19,22)(H,24,25);4-6H2,1-3H3/t14-,17+;/m1./s1. The molecule has 2 aliphatic heterocycles. The first-order chi connectivity index (χ1) is 17.5. The van der Waals surface area contributed by atoms with Gasteiger partial charge in [0.05, 0.1) is 5.75 Å². The zero-order chi connectivity index (χ0) is 27.8. The minimum atomic E-state index is -4.05. The molecule has 2 heterocycles. The number of amides is 2. The molecule has 2 aliphatic rings. The molecule has 0 aromatic heterocycles. The molecule has 37 heavy (non-hydrogen) atoms. The van der Waals surface area contributed by atoms with Gasteiger partial charge in [-0.05, 0) is 31.8 Å². The zero-order valence-electron chi connectivity index (χ0n) is 21.3. The molecular weight excluding hydrogens is 506 g/mol. The van der Waals surface area contributed by atoms with Crippen molar-refractivity contribution < 1.29 is 42.2 Å². The minimum Gasteiger partial charge on any atom is -0.484 e. The first kappa shape index (κ1) is 29.8. The number of esters is 1. The topological polar surface area (TPSA) is 160 Å². The molecule has 1 aromatic rings. The zero-order valence-corrected chi connectivity index (χ0v) is 22.1. The highest BCUT2D eigenvalue weighted by molar-refractivity contribution is 7.92. The molecule has 0 unspecified atom stereocenters. The van der Waals surface area contributed by atoms with Gasteiger partial charge in [-0.3, -0.25) is 19.3 Å². The lowest BCUT2D eigenvalue weighted by Crippen LogP contribution is -2.75. The number of carbonyl (C=O) groups excluding carboxylic acids is 3. The van der Waals surface area contributed by atoms with E-state index in [9.17, 15) is 32.7 Å². The average Bonchev–Trinajstić information content (AvgIpc) is 2.86. The molecule has 1 aromatic carbocycles. The maximum atomic E-state index is 12.6. The van der Waals surface area contributed by atoms with Crippen molar-refractivity contribution in [3.8, 4) is 5.75 Å². The van der Waals surface area contributed by atoms with Crippen LogP contribution in [-0.2, 0) is 33.8 Å². The van der Waals surface area contributed by atoms with Gasteiger partial charge >= 0.3 is 11.9 Å². The second kappa shape index (κ2) is 13.2. The average molecular weight is 540 g/mol. The molecule has 0 radical (unpaired) electrons. The Hall–Kier alpha value is -3.45. The largest absolute Gasteiger partial charge is 0.484 e. The Labute approximate surface area is 216 Å². The highest BCUT2D eigenvalue weighted by atomic mass is 32.2. The smallest absolute Gasteiger partial charge is 0.352 e. The number of hydrogen-bond donors (Lipinski definition) is 2. The van der Waals surface area contributed by atoms with E-state index in [-0.39, 0.29) is 5.57 Å². The monoisotopic (exact) mass is 539 g/mol.